The first kappa shape index (κ1) is 15.2. The van der Waals surface area contributed by atoms with Crippen LogP contribution in [0.3, 0.4) is 0 Å². The summed E-state index contributed by atoms with van der Waals surface area (Å²) in [6.45, 7) is 13.3. The molecule has 0 aliphatic carbocycles. The fourth-order valence-corrected chi connectivity index (χ4v) is 2.07. The number of rotatable bonds is 6. The Morgan fingerprint density at radius 2 is 1.81 bits per heavy atom. The smallest absolute Gasteiger partial charge is 0.0136 e. The Balaban J connectivity index is 5.12. The Bertz CT molecular complexity index is 264. The van der Waals surface area contributed by atoms with Crippen LogP contribution >= 0.6 is 0 Å². The Hall–Kier alpha value is -0.780. The fraction of sp³-hybridized carbons (Fsp3) is 0.625. The molecule has 0 nitrogen and oxygen atoms in total. The first-order chi connectivity index (χ1) is 7.58. The van der Waals surface area contributed by atoms with E-state index < -0.39 is 0 Å². The minimum Gasteiger partial charge on any atom is -0.0877 e. The molecule has 0 aliphatic heterocycles. The third-order valence-corrected chi connectivity index (χ3v) is 3.16. The molecule has 0 rings (SSSR count). The largest absolute Gasteiger partial charge is 0.0877 e. The first-order valence-corrected chi connectivity index (χ1v) is 6.54. The molecular weight excluding hydrogens is 192 g/mol. The van der Waals surface area contributed by atoms with Crippen LogP contribution in [0.5, 0.6) is 0 Å². The van der Waals surface area contributed by atoms with Crippen molar-refractivity contribution in [3.05, 3.63) is 35.5 Å². The van der Waals surface area contributed by atoms with Gasteiger partial charge in [0.2, 0.25) is 0 Å². The molecular formula is C16H28. The van der Waals surface area contributed by atoms with E-state index in [0.29, 0.717) is 11.8 Å². The summed E-state index contributed by atoms with van der Waals surface area (Å²) < 4.78 is 0. The Kier molecular flexibility index (Phi) is 7.97. The monoisotopic (exact) mass is 220 g/mol. The lowest BCUT2D eigenvalue weighted by molar-refractivity contribution is 0.414. The van der Waals surface area contributed by atoms with Gasteiger partial charge in [-0.2, -0.15) is 0 Å². The van der Waals surface area contributed by atoms with Crippen molar-refractivity contribution in [2.75, 3.05) is 0 Å². The van der Waals surface area contributed by atoms with Gasteiger partial charge in [-0.15, -0.1) is 0 Å². The quantitative estimate of drug-likeness (QED) is 0.516. The molecule has 0 saturated heterocycles. The number of allylic oxidation sites excluding steroid dienone is 6. The average Bonchev–Trinajstić information content (AvgIpc) is 2.27. The molecule has 0 amide bonds. The van der Waals surface area contributed by atoms with E-state index in [1.807, 2.05) is 0 Å². The topological polar surface area (TPSA) is 0 Å². The van der Waals surface area contributed by atoms with E-state index in [0.717, 1.165) is 0 Å². The molecule has 0 aromatic carbocycles. The predicted octanol–water partition coefficient (Wildman–Crippen LogP) is 5.53. The molecule has 0 heterocycles. The molecule has 1 unspecified atom stereocenters. The highest BCUT2D eigenvalue weighted by atomic mass is 14.2. The minimum atomic E-state index is 0.692. The van der Waals surface area contributed by atoms with Crippen LogP contribution in [0.4, 0.5) is 0 Å². The van der Waals surface area contributed by atoms with Crippen molar-refractivity contribution < 1.29 is 0 Å². The van der Waals surface area contributed by atoms with E-state index in [9.17, 15) is 0 Å². The maximum absolute atomic E-state index is 2.33. The van der Waals surface area contributed by atoms with E-state index in [1.54, 1.807) is 0 Å². The number of hydrogen-bond acceptors (Lipinski definition) is 0. The van der Waals surface area contributed by atoms with Crippen molar-refractivity contribution >= 4 is 0 Å². The molecule has 0 aromatic rings. The maximum atomic E-state index is 2.33. The molecule has 0 heteroatoms. The van der Waals surface area contributed by atoms with Gasteiger partial charge in [-0.1, -0.05) is 57.1 Å². The molecule has 0 bridgehead atoms. The second-order valence-corrected chi connectivity index (χ2v) is 4.76. The van der Waals surface area contributed by atoms with Crippen molar-refractivity contribution in [3.63, 3.8) is 0 Å². The zero-order chi connectivity index (χ0) is 12.6. The van der Waals surface area contributed by atoms with E-state index in [1.165, 1.54) is 24.0 Å². The Morgan fingerprint density at radius 3 is 2.19 bits per heavy atom. The lowest BCUT2D eigenvalue weighted by atomic mass is 9.81. The fourth-order valence-electron chi connectivity index (χ4n) is 2.07. The molecule has 0 radical (unpaired) electrons. The van der Waals surface area contributed by atoms with Gasteiger partial charge in [0.25, 0.3) is 0 Å². The Labute approximate surface area is 102 Å². The van der Waals surface area contributed by atoms with Crippen LogP contribution in [-0.2, 0) is 0 Å². The highest BCUT2D eigenvalue weighted by Gasteiger charge is 2.17. The summed E-state index contributed by atoms with van der Waals surface area (Å²) in [7, 11) is 0. The van der Waals surface area contributed by atoms with Crippen LogP contribution in [0.1, 0.15) is 54.4 Å². The SMILES string of the molecule is C\C=C/C=C(\C(C)=C/C)C(CCC)C(C)C. The van der Waals surface area contributed by atoms with Crippen LogP contribution in [0, 0.1) is 11.8 Å². The third kappa shape index (κ3) is 4.83. The van der Waals surface area contributed by atoms with Gasteiger partial charge in [0.1, 0.15) is 0 Å². The van der Waals surface area contributed by atoms with E-state index >= 15 is 0 Å². The molecule has 0 aliphatic rings. The van der Waals surface area contributed by atoms with E-state index in [-0.39, 0.29) is 0 Å². The first-order valence-electron chi connectivity index (χ1n) is 6.54. The highest BCUT2D eigenvalue weighted by Crippen LogP contribution is 2.30. The summed E-state index contributed by atoms with van der Waals surface area (Å²) in [5.74, 6) is 1.41. The van der Waals surface area contributed by atoms with Gasteiger partial charge in [0, 0.05) is 0 Å². The summed E-state index contributed by atoms with van der Waals surface area (Å²) in [5, 5.41) is 0. The number of hydrogen-bond donors (Lipinski definition) is 0. The second kappa shape index (κ2) is 8.38. The Morgan fingerprint density at radius 1 is 1.19 bits per heavy atom. The lowest BCUT2D eigenvalue weighted by Crippen LogP contribution is -2.12. The van der Waals surface area contributed by atoms with Crippen LogP contribution in [0.2, 0.25) is 0 Å². The molecule has 1 atom stereocenters. The van der Waals surface area contributed by atoms with Crippen molar-refractivity contribution in [1.82, 2.24) is 0 Å². The molecule has 0 N–H and O–H groups in total. The average molecular weight is 220 g/mol. The van der Waals surface area contributed by atoms with E-state index in [2.05, 4.69) is 65.8 Å². The summed E-state index contributed by atoms with van der Waals surface area (Å²) in [5.41, 5.74) is 2.93. The molecule has 0 fully saturated rings. The van der Waals surface area contributed by atoms with Gasteiger partial charge in [0.15, 0.2) is 0 Å². The van der Waals surface area contributed by atoms with Gasteiger partial charge in [-0.05, 0) is 44.6 Å². The molecule has 92 valence electrons. The van der Waals surface area contributed by atoms with Crippen LogP contribution in [0.25, 0.3) is 0 Å². The minimum absolute atomic E-state index is 0.692. The standard InChI is InChI=1S/C16H28/c1-7-10-12-16(14(6)9-3)15(11-8-2)13(4)5/h7,9-10,12-13,15H,8,11H2,1-6H3/b10-7-,14-9-,16-12+. The van der Waals surface area contributed by atoms with Gasteiger partial charge in [-0.25, -0.2) is 0 Å². The summed E-state index contributed by atoms with van der Waals surface area (Å²) >= 11 is 0. The normalized spacial score (nSPS) is 16.2. The van der Waals surface area contributed by atoms with E-state index in [4.69, 9.17) is 0 Å². The summed E-state index contributed by atoms with van der Waals surface area (Å²) in [4.78, 5) is 0. The van der Waals surface area contributed by atoms with Crippen LogP contribution in [-0.4, -0.2) is 0 Å². The van der Waals surface area contributed by atoms with Crippen LogP contribution in [0.15, 0.2) is 35.5 Å². The van der Waals surface area contributed by atoms with Crippen LogP contribution < -0.4 is 0 Å². The van der Waals surface area contributed by atoms with Gasteiger partial charge in [-0.3, -0.25) is 0 Å². The van der Waals surface area contributed by atoms with Gasteiger partial charge in [0.05, 0.1) is 0 Å². The van der Waals surface area contributed by atoms with Gasteiger partial charge >= 0.3 is 0 Å². The second-order valence-electron chi connectivity index (χ2n) is 4.76. The predicted molar refractivity (Wildman–Crippen MR) is 75.6 cm³/mol. The van der Waals surface area contributed by atoms with Crippen molar-refractivity contribution in [3.8, 4) is 0 Å². The molecule has 0 saturated carbocycles. The highest BCUT2D eigenvalue weighted by molar-refractivity contribution is 5.34. The summed E-state index contributed by atoms with van der Waals surface area (Å²) in [6.07, 6.45) is 11.3. The van der Waals surface area contributed by atoms with Crippen molar-refractivity contribution in [1.29, 1.82) is 0 Å². The lowest BCUT2D eigenvalue weighted by Gasteiger charge is -2.24. The molecule has 0 aromatic heterocycles. The maximum Gasteiger partial charge on any atom is -0.0136 e. The molecule has 16 heavy (non-hydrogen) atoms. The summed E-state index contributed by atoms with van der Waals surface area (Å²) in [6, 6.07) is 0. The van der Waals surface area contributed by atoms with Gasteiger partial charge < -0.3 is 0 Å². The van der Waals surface area contributed by atoms with Crippen molar-refractivity contribution in [2.45, 2.75) is 54.4 Å². The zero-order valence-corrected chi connectivity index (χ0v) is 11.9. The molecule has 0 spiro atoms. The third-order valence-electron chi connectivity index (χ3n) is 3.16. The van der Waals surface area contributed by atoms with Crippen molar-refractivity contribution in [2.24, 2.45) is 11.8 Å². The zero-order valence-electron chi connectivity index (χ0n) is 11.9.